The van der Waals surface area contributed by atoms with Gasteiger partial charge in [0.15, 0.2) is 0 Å². The maximum Gasteiger partial charge on any atom is 0.339 e. The summed E-state index contributed by atoms with van der Waals surface area (Å²) in [5.74, 6) is -1.50. The summed E-state index contributed by atoms with van der Waals surface area (Å²) in [5, 5.41) is 0. The molecule has 0 bridgehead atoms. The summed E-state index contributed by atoms with van der Waals surface area (Å²) >= 11 is 0. The average Bonchev–Trinajstić information content (AvgIpc) is 3.13. The maximum atomic E-state index is 12.9. The van der Waals surface area contributed by atoms with E-state index < -0.39 is 27.0 Å². The molecular formula is C44H74O7S. The van der Waals surface area contributed by atoms with Gasteiger partial charge in [-0.3, -0.25) is 4.55 Å². The Morgan fingerprint density at radius 2 is 0.827 bits per heavy atom. The number of esters is 2. The van der Waals surface area contributed by atoms with Gasteiger partial charge in [-0.05, 0) is 69.6 Å². The summed E-state index contributed by atoms with van der Waals surface area (Å²) in [6.45, 7) is 4.74. The van der Waals surface area contributed by atoms with Crippen LogP contribution >= 0.6 is 0 Å². The third kappa shape index (κ3) is 26.3. The quantitative estimate of drug-likeness (QED) is 0.0319. The number of hydrogen-bond donors (Lipinski definition) is 1. The minimum absolute atomic E-state index is 0.0603. The molecule has 0 saturated carbocycles. The second-order valence-corrected chi connectivity index (χ2v) is 15.7. The molecule has 0 fully saturated rings. The Labute approximate surface area is 318 Å². The Kier molecular flexibility index (Phi) is 30.3. The Morgan fingerprint density at radius 3 is 1.17 bits per heavy atom. The van der Waals surface area contributed by atoms with Crippen molar-refractivity contribution in [1.29, 1.82) is 0 Å². The largest absolute Gasteiger partial charge is 0.462 e. The van der Waals surface area contributed by atoms with Gasteiger partial charge in [-0.15, -0.1) is 0 Å². The van der Waals surface area contributed by atoms with Gasteiger partial charge < -0.3 is 9.47 Å². The minimum Gasteiger partial charge on any atom is -0.462 e. The molecule has 1 aromatic rings. The van der Waals surface area contributed by atoms with Gasteiger partial charge in [0.05, 0.1) is 29.2 Å². The van der Waals surface area contributed by atoms with Crippen LogP contribution in [0, 0.1) is 0 Å². The van der Waals surface area contributed by atoms with Gasteiger partial charge in [0.25, 0.3) is 10.1 Å². The summed E-state index contributed by atoms with van der Waals surface area (Å²) in [4.78, 5) is 25.3. The molecule has 0 saturated heterocycles. The first-order chi connectivity index (χ1) is 25.3. The monoisotopic (exact) mass is 747 g/mol. The summed E-state index contributed by atoms with van der Waals surface area (Å²) in [5.41, 5.74) is -0.271. The molecule has 7 nitrogen and oxygen atoms in total. The van der Waals surface area contributed by atoms with Crippen molar-refractivity contribution in [1.82, 2.24) is 0 Å². The second kappa shape index (κ2) is 33.1. The maximum absolute atomic E-state index is 12.9. The number of allylic oxidation sites excluding steroid dienone is 4. The van der Waals surface area contributed by atoms with E-state index in [0.29, 0.717) is 6.42 Å². The normalized spacial score (nSPS) is 11.9. The summed E-state index contributed by atoms with van der Waals surface area (Å²) in [6, 6.07) is 3.30. The Hall–Kier alpha value is -2.45. The summed E-state index contributed by atoms with van der Waals surface area (Å²) in [7, 11) is -4.56. The van der Waals surface area contributed by atoms with Gasteiger partial charge in [-0.2, -0.15) is 8.42 Å². The van der Waals surface area contributed by atoms with Crippen molar-refractivity contribution in [3.05, 3.63) is 53.6 Å². The first-order valence-corrected chi connectivity index (χ1v) is 22.5. The molecule has 0 radical (unpaired) electrons. The SMILES string of the molecule is CC/C=C/CCCCCCCCCCCCCCOC(=O)c1ccc(S(=O)(=O)O)cc1C(=O)OCCCCCCCCCCCCCC/C=C/CC. The second-order valence-electron chi connectivity index (χ2n) is 14.3. The zero-order valence-electron chi connectivity index (χ0n) is 33.1. The van der Waals surface area contributed by atoms with Crippen LogP contribution in [0.4, 0.5) is 0 Å². The highest BCUT2D eigenvalue weighted by Gasteiger charge is 2.23. The van der Waals surface area contributed by atoms with Gasteiger partial charge in [-0.25, -0.2) is 9.59 Å². The highest BCUT2D eigenvalue weighted by Crippen LogP contribution is 2.20. The molecule has 298 valence electrons. The first kappa shape index (κ1) is 47.6. The lowest BCUT2D eigenvalue weighted by Crippen LogP contribution is -2.16. The van der Waals surface area contributed by atoms with Gasteiger partial charge in [0.1, 0.15) is 0 Å². The van der Waals surface area contributed by atoms with Crippen molar-refractivity contribution in [2.45, 2.75) is 199 Å². The van der Waals surface area contributed by atoms with Gasteiger partial charge in [0, 0.05) is 0 Å². The fourth-order valence-corrected chi connectivity index (χ4v) is 6.86. The molecule has 0 heterocycles. The van der Waals surface area contributed by atoms with Gasteiger partial charge in [0.2, 0.25) is 0 Å². The fourth-order valence-electron chi connectivity index (χ4n) is 6.35. The molecule has 0 atom stereocenters. The number of unbranched alkanes of at least 4 members (excludes halogenated alkanes) is 24. The van der Waals surface area contributed by atoms with Crippen LogP contribution in [0.5, 0.6) is 0 Å². The van der Waals surface area contributed by atoms with Crippen LogP contribution < -0.4 is 0 Å². The molecule has 1 N–H and O–H groups in total. The van der Waals surface area contributed by atoms with E-state index in [1.165, 1.54) is 128 Å². The topological polar surface area (TPSA) is 107 Å². The van der Waals surface area contributed by atoms with Crippen LogP contribution in [0.2, 0.25) is 0 Å². The van der Waals surface area contributed by atoms with E-state index in [-0.39, 0.29) is 24.3 Å². The van der Waals surface area contributed by atoms with Crippen LogP contribution in [0.25, 0.3) is 0 Å². The molecule has 8 heteroatoms. The van der Waals surface area contributed by atoms with Crippen molar-refractivity contribution in [3.63, 3.8) is 0 Å². The van der Waals surface area contributed by atoms with Gasteiger partial charge >= 0.3 is 11.9 Å². The Bertz CT molecular complexity index is 1200. The highest BCUT2D eigenvalue weighted by atomic mass is 32.2. The molecule has 0 unspecified atom stereocenters. The lowest BCUT2D eigenvalue weighted by atomic mass is 10.0. The van der Waals surface area contributed by atoms with Crippen LogP contribution in [-0.4, -0.2) is 38.1 Å². The van der Waals surface area contributed by atoms with Crippen LogP contribution in [0.1, 0.15) is 214 Å². The predicted octanol–water partition coefficient (Wildman–Crippen LogP) is 13.3. The average molecular weight is 747 g/mol. The Morgan fingerprint density at radius 1 is 0.500 bits per heavy atom. The van der Waals surface area contributed by atoms with E-state index in [2.05, 4.69) is 38.2 Å². The molecule has 0 aliphatic rings. The molecular weight excluding hydrogens is 673 g/mol. The lowest BCUT2D eigenvalue weighted by Gasteiger charge is -2.11. The molecule has 0 aromatic heterocycles. The highest BCUT2D eigenvalue weighted by molar-refractivity contribution is 7.85. The minimum atomic E-state index is -4.56. The molecule has 0 aliphatic carbocycles. The first-order valence-electron chi connectivity index (χ1n) is 21.1. The third-order valence-corrected chi connectivity index (χ3v) is 10.4. The van der Waals surface area contributed by atoms with Crippen molar-refractivity contribution in [2.75, 3.05) is 13.2 Å². The lowest BCUT2D eigenvalue weighted by molar-refractivity contribution is 0.0450. The van der Waals surface area contributed by atoms with E-state index in [9.17, 15) is 22.6 Å². The third-order valence-electron chi connectivity index (χ3n) is 9.53. The molecule has 52 heavy (non-hydrogen) atoms. The molecule has 0 aliphatic heterocycles. The van der Waals surface area contributed by atoms with Crippen molar-refractivity contribution in [3.8, 4) is 0 Å². The standard InChI is InChI=1S/C44H74O7S/c1-3-5-7-9-11-13-15-17-19-21-23-25-27-29-31-33-37-50-43(45)41-36-35-40(52(47,48)49)39-42(41)44(46)51-38-34-32-30-28-26-24-22-20-18-16-14-12-10-8-6-4-2/h5-8,35-36,39H,3-4,9-34,37-38H2,1-2H3,(H,47,48,49)/b7-5+,8-6+. The molecule has 0 spiro atoms. The number of benzene rings is 1. The van der Waals surface area contributed by atoms with Gasteiger partial charge in [-0.1, -0.05) is 167 Å². The summed E-state index contributed by atoms with van der Waals surface area (Å²) in [6.07, 6.45) is 42.3. The predicted molar refractivity (Wildman–Crippen MR) is 216 cm³/mol. The number of hydrogen-bond acceptors (Lipinski definition) is 6. The van der Waals surface area contributed by atoms with E-state index in [1.54, 1.807) is 0 Å². The van der Waals surface area contributed by atoms with E-state index >= 15 is 0 Å². The van der Waals surface area contributed by atoms with Crippen molar-refractivity contribution >= 4 is 22.1 Å². The fraction of sp³-hybridized carbons (Fsp3) is 0.727. The van der Waals surface area contributed by atoms with Crippen LogP contribution in [0.15, 0.2) is 47.4 Å². The van der Waals surface area contributed by atoms with Crippen LogP contribution in [-0.2, 0) is 19.6 Å². The summed E-state index contributed by atoms with van der Waals surface area (Å²) < 4.78 is 43.9. The number of ether oxygens (including phenoxy) is 2. The number of carbonyl (C=O) groups is 2. The zero-order valence-corrected chi connectivity index (χ0v) is 33.9. The molecule has 1 rings (SSSR count). The smallest absolute Gasteiger partial charge is 0.339 e. The molecule has 1 aromatic carbocycles. The van der Waals surface area contributed by atoms with Crippen molar-refractivity contribution < 1.29 is 32.0 Å². The number of rotatable bonds is 35. The zero-order chi connectivity index (χ0) is 38.0. The van der Waals surface area contributed by atoms with Crippen LogP contribution in [0.3, 0.4) is 0 Å². The number of carbonyl (C=O) groups excluding carboxylic acids is 2. The van der Waals surface area contributed by atoms with Crippen molar-refractivity contribution in [2.24, 2.45) is 0 Å². The van der Waals surface area contributed by atoms with E-state index in [0.717, 1.165) is 63.5 Å². The Balaban J connectivity index is 2.23. The van der Waals surface area contributed by atoms with E-state index in [1.807, 2.05) is 0 Å². The molecule has 0 amide bonds. The van der Waals surface area contributed by atoms with E-state index in [4.69, 9.17) is 9.47 Å².